The standard InChI is InChI=1S/C15H20N2O/c18-15(17-10-3-1-2-4-11-17)13-7-5-6-12-8-9-16-14(12)13/h5-7,16H,1-4,8-11H2. The summed E-state index contributed by atoms with van der Waals surface area (Å²) in [5, 5.41) is 3.36. The van der Waals surface area contributed by atoms with E-state index in [-0.39, 0.29) is 5.91 Å². The first-order valence-electron chi connectivity index (χ1n) is 7.01. The van der Waals surface area contributed by atoms with Gasteiger partial charge in [0.05, 0.1) is 11.3 Å². The number of hydrogen-bond acceptors (Lipinski definition) is 2. The lowest BCUT2D eigenvalue weighted by Crippen LogP contribution is -2.32. The van der Waals surface area contributed by atoms with E-state index >= 15 is 0 Å². The number of carbonyl (C=O) groups excluding carboxylic acids is 1. The largest absolute Gasteiger partial charge is 0.384 e. The number of carbonyl (C=O) groups is 1. The maximum atomic E-state index is 12.6. The van der Waals surface area contributed by atoms with Gasteiger partial charge >= 0.3 is 0 Å². The van der Waals surface area contributed by atoms with Crippen molar-refractivity contribution in [3.63, 3.8) is 0 Å². The van der Waals surface area contributed by atoms with E-state index in [1.165, 1.54) is 18.4 Å². The molecule has 2 aliphatic rings. The summed E-state index contributed by atoms with van der Waals surface area (Å²) in [5.41, 5.74) is 3.23. The van der Waals surface area contributed by atoms with Crippen molar-refractivity contribution in [2.24, 2.45) is 0 Å². The lowest BCUT2D eigenvalue weighted by molar-refractivity contribution is 0.0762. The molecule has 1 amide bonds. The molecule has 1 aromatic rings. The first-order valence-corrected chi connectivity index (χ1v) is 7.01. The molecule has 0 atom stereocenters. The second-order valence-electron chi connectivity index (χ2n) is 5.22. The summed E-state index contributed by atoms with van der Waals surface area (Å²) in [6.07, 6.45) is 5.85. The summed E-state index contributed by atoms with van der Waals surface area (Å²) in [6.45, 7) is 2.80. The highest BCUT2D eigenvalue weighted by molar-refractivity contribution is 6.00. The molecule has 1 fully saturated rings. The molecule has 3 nitrogen and oxygen atoms in total. The SMILES string of the molecule is O=C(c1cccc2c1NCC2)N1CCCCCC1. The molecular formula is C15H20N2O. The third-order valence-corrected chi connectivity index (χ3v) is 3.97. The van der Waals surface area contributed by atoms with Crippen molar-refractivity contribution in [3.8, 4) is 0 Å². The van der Waals surface area contributed by atoms with Crippen LogP contribution in [0.4, 0.5) is 5.69 Å². The molecular weight excluding hydrogens is 224 g/mol. The topological polar surface area (TPSA) is 32.3 Å². The van der Waals surface area contributed by atoms with Crippen LogP contribution in [0.3, 0.4) is 0 Å². The highest BCUT2D eigenvalue weighted by Gasteiger charge is 2.23. The average Bonchev–Trinajstić information content (AvgIpc) is 2.71. The molecule has 1 N–H and O–H groups in total. The van der Waals surface area contributed by atoms with Gasteiger partial charge in [-0.1, -0.05) is 25.0 Å². The number of amides is 1. The van der Waals surface area contributed by atoms with Crippen LogP contribution in [-0.2, 0) is 6.42 Å². The summed E-state index contributed by atoms with van der Waals surface area (Å²) >= 11 is 0. The van der Waals surface area contributed by atoms with Crippen molar-refractivity contribution in [1.29, 1.82) is 0 Å². The lowest BCUT2D eigenvalue weighted by atomic mass is 10.1. The Balaban J connectivity index is 1.85. The third-order valence-electron chi connectivity index (χ3n) is 3.97. The molecule has 1 aromatic carbocycles. The van der Waals surface area contributed by atoms with Crippen molar-refractivity contribution in [2.45, 2.75) is 32.1 Å². The number of rotatable bonds is 1. The Morgan fingerprint density at radius 3 is 2.67 bits per heavy atom. The van der Waals surface area contributed by atoms with Gasteiger partial charge in [-0.2, -0.15) is 0 Å². The van der Waals surface area contributed by atoms with E-state index in [0.29, 0.717) is 0 Å². The van der Waals surface area contributed by atoms with Crippen LogP contribution in [0.5, 0.6) is 0 Å². The first-order chi connectivity index (χ1) is 8.86. The second-order valence-corrected chi connectivity index (χ2v) is 5.22. The molecule has 1 saturated heterocycles. The molecule has 96 valence electrons. The van der Waals surface area contributed by atoms with E-state index < -0.39 is 0 Å². The van der Waals surface area contributed by atoms with Gasteiger partial charge in [-0.05, 0) is 30.9 Å². The maximum absolute atomic E-state index is 12.6. The van der Waals surface area contributed by atoms with E-state index in [0.717, 1.165) is 50.1 Å². The lowest BCUT2D eigenvalue weighted by Gasteiger charge is -2.21. The highest BCUT2D eigenvalue weighted by Crippen LogP contribution is 2.27. The van der Waals surface area contributed by atoms with Crippen LogP contribution >= 0.6 is 0 Å². The van der Waals surface area contributed by atoms with E-state index in [9.17, 15) is 4.79 Å². The van der Waals surface area contributed by atoms with Crippen LogP contribution in [0, 0.1) is 0 Å². The van der Waals surface area contributed by atoms with Gasteiger partial charge in [0.25, 0.3) is 5.91 Å². The van der Waals surface area contributed by atoms with Crippen molar-refractivity contribution >= 4 is 11.6 Å². The number of fused-ring (bicyclic) bond motifs is 1. The molecule has 3 rings (SSSR count). The Hall–Kier alpha value is -1.51. The van der Waals surface area contributed by atoms with E-state index in [1.807, 2.05) is 17.0 Å². The van der Waals surface area contributed by atoms with Crippen LogP contribution in [-0.4, -0.2) is 30.4 Å². The van der Waals surface area contributed by atoms with E-state index in [1.54, 1.807) is 0 Å². The van der Waals surface area contributed by atoms with Crippen molar-refractivity contribution in [1.82, 2.24) is 4.90 Å². The van der Waals surface area contributed by atoms with Gasteiger partial charge in [-0.15, -0.1) is 0 Å². The molecule has 0 bridgehead atoms. The van der Waals surface area contributed by atoms with Crippen molar-refractivity contribution in [2.75, 3.05) is 25.0 Å². The smallest absolute Gasteiger partial charge is 0.255 e. The molecule has 0 saturated carbocycles. The number of likely N-dealkylation sites (tertiary alicyclic amines) is 1. The van der Waals surface area contributed by atoms with Crippen LogP contribution in [0.25, 0.3) is 0 Å². The molecule has 2 heterocycles. The Bertz CT molecular complexity index is 448. The zero-order valence-electron chi connectivity index (χ0n) is 10.7. The normalized spacial score (nSPS) is 19.0. The Labute approximate surface area is 108 Å². The van der Waals surface area contributed by atoms with Crippen LogP contribution in [0.1, 0.15) is 41.6 Å². The fourth-order valence-electron chi connectivity index (χ4n) is 2.96. The van der Waals surface area contributed by atoms with Gasteiger partial charge in [0.2, 0.25) is 0 Å². The monoisotopic (exact) mass is 244 g/mol. The summed E-state index contributed by atoms with van der Waals surface area (Å²) in [7, 11) is 0. The summed E-state index contributed by atoms with van der Waals surface area (Å²) in [4.78, 5) is 14.6. The fraction of sp³-hybridized carbons (Fsp3) is 0.533. The maximum Gasteiger partial charge on any atom is 0.255 e. The number of para-hydroxylation sites is 1. The number of benzene rings is 1. The minimum Gasteiger partial charge on any atom is -0.384 e. The van der Waals surface area contributed by atoms with E-state index in [2.05, 4.69) is 11.4 Å². The second kappa shape index (κ2) is 5.01. The minimum absolute atomic E-state index is 0.211. The van der Waals surface area contributed by atoms with Gasteiger partial charge in [0, 0.05) is 19.6 Å². The quantitative estimate of drug-likeness (QED) is 0.823. The van der Waals surface area contributed by atoms with Crippen molar-refractivity contribution in [3.05, 3.63) is 29.3 Å². The number of nitrogens with zero attached hydrogens (tertiary/aromatic N) is 1. The number of anilines is 1. The molecule has 3 heteroatoms. The fourth-order valence-corrected chi connectivity index (χ4v) is 2.96. The summed E-state index contributed by atoms with van der Waals surface area (Å²) in [6, 6.07) is 6.09. The van der Waals surface area contributed by atoms with Crippen molar-refractivity contribution < 1.29 is 4.79 Å². The Morgan fingerprint density at radius 1 is 1.11 bits per heavy atom. The number of hydrogen-bond donors (Lipinski definition) is 1. The molecule has 0 spiro atoms. The van der Waals surface area contributed by atoms with Crippen LogP contribution in [0.2, 0.25) is 0 Å². The highest BCUT2D eigenvalue weighted by atomic mass is 16.2. The average molecular weight is 244 g/mol. The van der Waals surface area contributed by atoms with Crippen LogP contribution < -0.4 is 5.32 Å². The van der Waals surface area contributed by atoms with Gasteiger partial charge in [-0.3, -0.25) is 4.79 Å². The van der Waals surface area contributed by atoms with Crippen LogP contribution in [0.15, 0.2) is 18.2 Å². The van der Waals surface area contributed by atoms with Gasteiger partial charge in [-0.25, -0.2) is 0 Å². The van der Waals surface area contributed by atoms with Gasteiger partial charge in [0.15, 0.2) is 0 Å². The summed E-state index contributed by atoms with van der Waals surface area (Å²) in [5.74, 6) is 0.211. The first kappa shape index (κ1) is 11.6. The molecule has 0 aromatic heterocycles. The zero-order chi connectivity index (χ0) is 12.4. The molecule has 0 aliphatic carbocycles. The predicted octanol–water partition coefficient (Wildman–Crippen LogP) is 2.67. The molecule has 2 aliphatic heterocycles. The number of nitrogens with one attached hydrogen (secondary N) is 1. The van der Waals surface area contributed by atoms with E-state index in [4.69, 9.17) is 0 Å². The molecule has 18 heavy (non-hydrogen) atoms. The Morgan fingerprint density at radius 2 is 1.89 bits per heavy atom. The van der Waals surface area contributed by atoms with Gasteiger partial charge in [0.1, 0.15) is 0 Å². The molecule has 0 radical (unpaired) electrons. The minimum atomic E-state index is 0.211. The summed E-state index contributed by atoms with van der Waals surface area (Å²) < 4.78 is 0. The Kier molecular flexibility index (Phi) is 3.22. The zero-order valence-corrected chi connectivity index (χ0v) is 10.7. The third kappa shape index (κ3) is 2.09. The predicted molar refractivity (Wildman–Crippen MR) is 73.0 cm³/mol. The van der Waals surface area contributed by atoms with Gasteiger partial charge < -0.3 is 10.2 Å². The molecule has 0 unspecified atom stereocenters.